The lowest BCUT2D eigenvalue weighted by atomic mass is 10.0. The number of para-hydroxylation sites is 1. The number of nitrogens with one attached hydrogen (secondary N) is 1. The van der Waals surface area contributed by atoms with E-state index < -0.39 is 22.8 Å². The van der Waals surface area contributed by atoms with Crippen molar-refractivity contribution in [2.45, 2.75) is 12.5 Å². The van der Waals surface area contributed by atoms with E-state index >= 15 is 0 Å². The normalized spacial score (nSPS) is 11.5. The third-order valence-electron chi connectivity index (χ3n) is 3.25. The number of benzene rings is 2. The van der Waals surface area contributed by atoms with Crippen LogP contribution < -0.4 is 5.32 Å². The maximum atomic E-state index is 12.1. The summed E-state index contributed by atoms with van der Waals surface area (Å²) in [4.78, 5) is 33.8. The summed E-state index contributed by atoms with van der Waals surface area (Å²) >= 11 is 0. The number of aliphatic carboxylic acids is 1. The van der Waals surface area contributed by atoms with Gasteiger partial charge in [-0.3, -0.25) is 14.9 Å². The van der Waals surface area contributed by atoms with Crippen molar-refractivity contribution in [3.05, 3.63) is 75.8 Å². The number of nitro groups is 1. The van der Waals surface area contributed by atoms with Gasteiger partial charge in [-0.2, -0.15) is 0 Å². The summed E-state index contributed by atoms with van der Waals surface area (Å²) in [5, 5.41) is 22.6. The fourth-order valence-corrected chi connectivity index (χ4v) is 2.11. The minimum atomic E-state index is -1.26. The number of nitro benzene ring substituents is 1. The molecule has 0 saturated carbocycles. The van der Waals surface area contributed by atoms with E-state index in [-0.39, 0.29) is 17.7 Å². The highest BCUT2D eigenvalue weighted by atomic mass is 16.6. The van der Waals surface area contributed by atoms with E-state index in [0.717, 1.165) is 0 Å². The fraction of sp³-hybridized carbons (Fsp3) is 0.125. The van der Waals surface area contributed by atoms with Gasteiger partial charge in [-0.25, -0.2) is 4.79 Å². The molecule has 7 heteroatoms. The van der Waals surface area contributed by atoms with Gasteiger partial charge in [-0.1, -0.05) is 36.4 Å². The number of carboxylic acids is 1. The van der Waals surface area contributed by atoms with Gasteiger partial charge in [0.25, 0.3) is 11.6 Å². The molecule has 7 nitrogen and oxygen atoms in total. The number of nitrogens with zero attached hydrogens (tertiary/aromatic N) is 1. The Kier molecular flexibility index (Phi) is 5.03. The largest absolute Gasteiger partial charge is 0.480 e. The maximum absolute atomic E-state index is 12.1. The summed E-state index contributed by atoms with van der Waals surface area (Å²) in [5.41, 5.74) is 0.396. The average Bonchev–Trinajstić information content (AvgIpc) is 2.55. The Balaban J connectivity index is 2.19. The first-order chi connectivity index (χ1) is 11.0. The maximum Gasteiger partial charge on any atom is 0.326 e. The predicted octanol–water partition coefficient (Wildman–Crippen LogP) is 2.02. The minimum Gasteiger partial charge on any atom is -0.480 e. The van der Waals surface area contributed by atoms with Crippen LogP contribution in [-0.4, -0.2) is 27.9 Å². The molecular formula is C16H14N2O5. The highest BCUT2D eigenvalue weighted by Gasteiger charge is 2.24. The average molecular weight is 314 g/mol. The number of hydrogen-bond acceptors (Lipinski definition) is 4. The molecule has 2 aromatic rings. The molecule has 0 aliphatic heterocycles. The summed E-state index contributed by atoms with van der Waals surface area (Å²) in [7, 11) is 0. The van der Waals surface area contributed by atoms with E-state index in [2.05, 4.69) is 5.32 Å². The third kappa shape index (κ3) is 4.13. The lowest BCUT2D eigenvalue weighted by molar-refractivity contribution is -0.385. The topological polar surface area (TPSA) is 110 Å². The number of carbonyl (C=O) groups excluding carboxylic acids is 1. The molecule has 2 aromatic carbocycles. The van der Waals surface area contributed by atoms with Crippen LogP contribution >= 0.6 is 0 Å². The Morgan fingerprint density at radius 2 is 1.70 bits per heavy atom. The Morgan fingerprint density at radius 3 is 2.30 bits per heavy atom. The second kappa shape index (κ2) is 7.17. The number of rotatable bonds is 6. The lowest BCUT2D eigenvalue weighted by Gasteiger charge is -2.14. The molecule has 0 aliphatic rings. The SMILES string of the molecule is O=C(N[C@H](Cc1ccccc1[N+](=O)[O-])C(=O)O)c1ccccc1. The zero-order valence-corrected chi connectivity index (χ0v) is 12.0. The smallest absolute Gasteiger partial charge is 0.326 e. The standard InChI is InChI=1S/C16H14N2O5/c19-15(11-6-2-1-3-7-11)17-13(16(20)21)10-12-8-4-5-9-14(12)18(22)23/h1-9,13H,10H2,(H,17,19)(H,20,21)/t13-/m1/s1. The van der Waals surface area contributed by atoms with Crippen LogP contribution in [0.5, 0.6) is 0 Å². The molecule has 0 heterocycles. The molecule has 0 unspecified atom stereocenters. The van der Waals surface area contributed by atoms with Crippen molar-refractivity contribution in [2.75, 3.05) is 0 Å². The van der Waals surface area contributed by atoms with Gasteiger partial charge in [0.1, 0.15) is 6.04 Å². The van der Waals surface area contributed by atoms with Gasteiger partial charge in [-0.15, -0.1) is 0 Å². The zero-order valence-electron chi connectivity index (χ0n) is 12.0. The molecule has 1 amide bonds. The van der Waals surface area contributed by atoms with E-state index in [4.69, 9.17) is 0 Å². The van der Waals surface area contributed by atoms with Crippen LogP contribution in [0, 0.1) is 10.1 Å². The second-order valence-electron chi connectivity index (χ2n) is 4.82. The van der Waals surface area contributed by atoms with Crippen molar-refractivity contribution >= 4 is 17.6 Å². The Labute approximate surface area is 131 Å². The van der Waals surface area contributed by atoms with E-state index in [1.165, 1.54) is 18.2 Å². The molecule has 0 radical (unpaired) electrons. The molecule has 0 aliphatic carbocycles. The molecule has 0 bridgehead atoms. The highest BCUT2D eigenvalue weighted by molar-refractivity contribution is 5.96. The van der Waals surface area contributed by atoms with Gasteiger partial charge in [0.2, 0.25) is 0 Å². The van der Waals surface area contributed by atoms with Crippen molar-refractivity contribution in [2.24, 2.45) is 0 Å². The van der Waals surface area contributed by atoms with Gasteiger partial charge in [-0.05, 0) is 12.1 Å². The summed E-state index contributed by atoms with van der Waals surface area (Å²) in [6, 6.07) is 12.8. The molecule has 2 N–H and O–H groups in total. The van der Waals surface area contributed by atoms with Crippen LogP contribution in [0.4, 0.5) is 5.69 Å². The summed E-state index contributed by atoms with van der Waals surface area (Å²) in [6.07, 6.45) is -0.176. The van der Waals surface area contributed by atoms with E-state index in [1.54, 1.807) is 36.4 Å². The van der Waals surface area contributed by atoms with Crippen molar-refractivity contribution in [3.8, 4) is 0 Å². The molecular weight excluding hydrogens is 300 g/mol. The highest BCUT2D eigenvalue weighted by Crippen LogP contribution is 2.19. The van der Waals surface area contributed by atoms with E-state index in [9.17, 15) is 24.8 Å². The molecule has 0 spiro atoms. The number of hydrogen-bond donors (Lipinski definition) is 2. The lowest BCUT2D eigenvalue weighted by Crippen LogP contribution is -2.42. The van der Waals surface area contributed by atoms with Crippen molar-refractivity contribution < 1.29 is 19.6 Å². The van der Waals surface area contributed by atoms with Crippen LogP contribution in [0.25, 0.3) is 0 Å². The molecule has 2 rings (SSSR count). The quantitative estimate of drug-likeness (QED) is 0.626. The Morgan fingerprint density at radius 1 is 1.09 bits per heavy atom. The molecule has 0 aromatic heterocycles. The molecule has 0 saturated heterocycles. The van der Waals surface area contributed by atoms with Crippen LogP contribution in [-0.2, 0) is 11.2 Å². The van der Waals surface area contributed by atoms with Crippen molar-refractivity contribution in [1.82, 2.24) is 5.32 Å². The van der Waals surface area contributed by atoms with E-state index in [1.807, 2.05) is 0 Å². The van der Waals surface area contributed by atoms with Crippen LogP contribution in [0.2, 0.25) is 0 Å². The second-order valence-corrected chi connectivity index (χ2v) is 4.82. The van der Waals surface area contributed by atoms with Crippen LogP contribution in [0.15, 0.2) is 54.6 Å². The summed E-state index contributed by atoms with van der Waals surface area (Å²) in [6.45, 7) is 0. The third-order valence-corrected chi connectivity index (χ3v) is 3.25. The van der Waals surface area contributed by atoms with Gasteiger partial charge in [0.05, 0.1) is 4.92 Å². The van der Waals surface area contributed by atoms with Gasteiger partial charge < -0.3 is 10.4 Å². The fourth-order valence-electron chi connectivity index (χ4n) is 2.11. The predicted molar refractivity (Wildman–Crippen MR) is 82.1 cm³/mol. The number of carbonyl (C=O) groups is 2. The number of carboxylic acid groups (broad SMARTS) is 1. The zero-order chi connectivity index (χ0) is 16.8. The molecule has 1 atom stereocenters. The van der Waals surface area contributed by atoms with Gasteiger partial charge in [0, 0.05) is 23.6 Å². The number of amides is 1. The Bertz CT molecular complexity index is 730. The first-order valence-electron chi connectivity index (χ1n) is 6.80. The summed E-state index contributed by atoms with van der Waals surface area (Å²) in [5.74, 6) is -1.80. The first-order valence-corrected chi connectivity index (χ1v) is 6.80. The molecule has 23 heavy (non-hydrogen) atoms. The van der Waals surface area contributed by atoms with E-state index in [0.29, 0.717) is 5.56 Å². The van der Waals surface area contributed by atoms with Gasteiger partial charge in [0.15, 0.2) is 0 Å². The van der Waals surface area contributed by atoms with Crippen LogP contribution in [0.3, 0.4) is 0 Å². The molecule has 118 valence electrons. The van der Waals surface area contributed by atoms with Crippen LogP contribution in [0.1, 0.15) is 15.9 Å². The first kappa shape index (κ1) is 16.2. The van der Waals surface area contributed by atoms with Crippen molar-refractivity contribution in [1.29, 1.82) is 0 Å². The Hall–Kier alpha value is -3.22. The summed E-state index contributed by atoms with van der Waals surface area (Å²) < 4.78 is 0. The minimum absolute atomic E-state index is 0.173. The van der Waals surface area contributed by atoms with Gasteiger partial charge >= 0.3 is 5.97 Å². The monoisotopic (exact) mass is 314 g/mol. The molecule has 0 fully saturated rings. The van der Waals surface area contributed by atoms with Crippen molar-refractivity contribution in [3.63, 3.8) is 0 Å².